The fraction of sp³-hybridized carbons (Fsp3) is 0.533. The van der Waals surface area contributed by atoms with Crippen LogP contribution in [0.15, 0.2) is 24.3 Å². The van der Waals surface area contributed by atoms with E-state index in [1.165, 1.54) is 0 Å². The quantitative estimate of drug-likeness (QED) is 0.625. The Balaban J connectivity index is 1.99. The Hall–Kier alpha value is -1.59. The van der Waals surface area contributed by atoms with Crippen LogP contribution in [0.5, 0.6) is 0 Å². The van der Waals surface area contributed by atoms with Crippen molar-refractivity contribution < 1.29 is 4.74 Å². The van der Waals surface area contributed by atoms with Crippen molar-refractivity contribution in [3.8, 4) is 0 Å². The number of anilines is 1. The zero-order valence-electron chi connectivity index (χ0n) is 12.3. The minimum absolute atomic E-state index is 0.103. The number of hydrogen-bond donors (Lipinski definition) is 2. The number of ether oxygens (including phenoxy) is 1. The van der Waals surface area contributed by atoms with E-state index in [1.807, 2.05) is 31.3 Å². The number of amidine groups is 1. The molecule has 1 aromatic rings. The minimum Gasteiger partial charge on any atom is -0.384 e. The third-order valence-electron chi connectivity index (χ3n) is 3.75. The third kappa shape index (κ3) is 3.71. The molecule has 0 spiro atoms. The van der Waals surface area contributed by atoms with Gasteiger partial charge in [-0.05, 0) is 18.7 Å². The number of likely N-dealkylation sites (N-methyl/N-ethyl adjacent to an activating group) is 2. The summed E-state index contributed by atoms with van der Waals surface area (Å²) in [5.41, 5.74) is 7.36. The Labute approximate surface area is 120 Å². The van der Waals surface area contributed by atoms with Gasteiger partial charge in [0.05, 0.1) is 12.7 Å². The maximum Gasteiger partial charge on any atom is 0.122 e. The van der Waals surface area contributed by atoms with E-state index in [0.717, 1.165) is 44.0 Å². The van der Waals surface area contributed by atoms with Gasteiger partial charge in [-0.3, -0.25) is 10.3 Å². The molecule has 5 heteroatoms. The lowest BCUT2D eigenvalue weighted by Gasteiger charge is -2.34. The van der Waals surface area contributed by atoms with E-state index in [4.69, 9.17) is 15.9 Å². The maximum absolute atomic E-state index is 7.51. The molecule has 1 fully saturated rings. The molecule has 20 heavy (non-hydrogen) atoms. The Kier molecular flexibility index (Phi) is 4.98. The molecule has 0 saturated carbocycles. The molecule has 0 radical (unpaired) electrons. The predicted octanol–water partition coefficient (Wildman–Crippen LogP) is 1.13. The van der Waals surface area contributed by atoms with Gasteiger partial charge < -0.3 is 15.4 Å². The number of nitrogens with two attached hydrogens (primary N) is 1. The number of nitrogens with one attached hydrogen (secondary N) is 1. The summed E-state index contributed by atoms with van der Waals surface area (Å²) in [4.78, 5) is 4.57. The molecule has 1 aliphatic heterocycles. The van der Waals surface area contributed by atoms with Crippen LogP contribution in [0.25, 0.3) is 0 Å². The first kappa shape index (κ1) is 14.8. The normalized spacial score (nSPS) is 19.8. The van der Waals surface area contributed by atoms with E-state index in [9.17, 15) is 0 Å². The summed E-state index contributed by atoms with van der Waals surface area (Å²) in [7, 11) is 2.05. The lowest BCUT2D eigenvalue weighted by atomic mass is 10.1. The summed E-state index contributed by atoms with van der Waals surface area (Å²) in [5, 5.41) is 7.51. The number of nitrogens with zero attached hydrogens (tertiary/aromatic N) is 2. The number of nitrogen functional groups attached to an aromatic ring is 1. The van der Waals surface area contributed by atoms with Crippen molar-refractivity contribution in [2.75, 3.05) is 44.7 Å². The molecule has 2 rings (SSSR count). The van der Waals surface area contributed by atoms with Crippen molar-refractivity contribution in [3.05, 3.63) is 29.8 Å². The average molecular weight is 276 g/mol. The summed E-state index contributed by atoms with van der Waals surface area (Å²) in [5.74, 6) is 0.103. The van der Waals surface area contributed by atoms with Gasteiger partial charge in [-0.2, -0.15) is 0 Å². The minimum atomic E-state index is 0.103. The molecule has 1 saturated heterocycles. The van der Waals surface area contributed by atoms with Crippen molar-refractivity contribution in [3.63, 3.8) is 0 Å². The Bertz CT molecular complexity index is 463. The van der Waals surface area contributed by atoms with E-state index < -0.39 is 0 Å². The molecular weight excluding hydrogens is 252 g/mol. The molecule has 1 unspecified atom stereocenters. The molecule has 1 heterocycles. The second kappa shape index (κ2) is 6.72. The monoisotopic (exact) mass is 276 g/mol. The van der Waals surface area contributed by atoms with Crippen LogP contribution in [0, 0.1) is 5.41 Å². The molecule has 1 atom stereocenters. The van der Waals surface area contributed by atoms with Crippen LogP contribution in [0.4, 0.5) is 5.69 Å². The van der Waals surface area contributed by atoms with Crippen LogP contribution in [0.3, 0.4) is 0 Å². The summed E-state index contributed by atoms with van der Waals surface area (Å²) in [6, 6.07) is 7.77. The Morgan fingerprint density at radius 2 is 2.35 bits per heavy atom. The summed E-state index contributed by atoms with van der Waals surface area (Å²) < 4.78 is 5.83. The SMILES string of the molecule is CCN1CCOC(CN(C)c2cccc(C(=N)N)c2)C1. The second-order valence-electron chi connectivity index (χ2n) is 5.23. The van der Waals surface area contributed by atoms with Crippen LogP contribution in [0.2, 0.25) is 0 Å². The van der Waals surface area contributed by atoms with Gasteiger partial charge in [0.15, 0.2) is 0 Å². The first-order valence-corrected chi connectivity index (χ1v) is 7.09. The molecule has 0 aromatic heterocycles. The molecule has 1 aromatic carbocycles. The highest BCUT2D eigenvalue weighted by atomic mass is 16.5. The average Bonchev–Trinajstić information content (AvgIpc) is 2.47. The van der Waals surface area contributed by atoms with Gasteiger partial charge in [0.25, 0.3) is 0 Å². The second-order valence-corrected chi connectivity index (χ2v) is 5.23. The highest BCUT2D eigenvalue weighted by Gasteiger charge is 2.20. The predicted molar refractivity (Wildman–Crippen MR) is 82.6 cm³/mol. The van der Waals surface area contributed by atoms with Crippen molar-refractivity contribution in [2.45, 2.75) is 13.0 Å². The van der Waals surface area contributed by atoms with Crippen molar-refractivity contribution in [1.29, 1.82) is 5.41 Å². The van der Waals surface area contributed by atoms with Gasteiger partial charge in [0.2, 0.25) is 0 Å². The number of rotatable bonds is 5. The van der Waals surface area contributed by atoms with Gasteiger partial charge in [-0.1, -0.05) is 19.1 Å². The van der Waals surface area contributed by atoms with Crippen molar-refractivity contribution in [1.82, 2.24) is 4.90 Å². The summed E-state index contributed by atoms with van der Waals surface area (Å²) in [6.45, 7) is 6.91. The standard InChI is InChI=1S/C15H24N4O/c1-3-19-7-8-20-14(11-19)10-18(2)13-6-4-5-12(9-13)15(16)17/h4-6,9,14H,3,7-8,10-11H2,1-2H3,(H3,16,17). The Morgan fingerprint density at radius 1 is 1.55 bits per heavy atom. The van der Waals surface area contributed by atoms with Crippen LogP contribution in [-0.4, -0.2) is 56.7 Å². The number of morpholine rings is 1. The number of hydrogen-bond acceptors (Lipinski definition) is 4. The zero-order chi connectivity index (χ0) is 14.5. The smallest absolute Gasteiger partial charge is 0.122 e. The molecule has 110 valence electrons. The van der Waals surface area contributed by atoms with Gasteiger partial charge in [0.1, 0.15) is 5.84 Å². The summed E-state index contributed by atoms with van der Waals surface area (Å²) in [6.07, 6.45) is 0.231. The Morgan fingerprint density at radius 3 is 3.05 bits per heavy atom. The first-order chi connectivity index (χ1) is 9.60. The lowest BCUT2D eigenvalue weighted by molar-refractivity contribution is -0.0216. The largest absolute Gasteiger partial charge is 0.384 e. The van der Waals surface area contributed by atoms with E-state index in [-0.39, 0.29) is 11.9 Å². The van der Waals surface area contributed by atoms with Crippen LogP contribution in [0.1, 0.15) is 12.5 Å². The fourth-order valence-corrected chi connectivity index (χ4v) is 2.50. The number of benzene rings is 1. The maximum atomic E-state index is 7.51. The molecule has 1 aliphatic rings. The topological polar surface area (TPSA) is 65.6 Å². The summed E-state index contributed by atoms with van der Waals surface area (Å²) >= 11 is 0. The van der Waals surface area contributed by atoms with E-state index in [0.29, 0.717) is 0 Å². The van der Waals surface area contributed by atoms with Gasteiger partial charge in [0, 0.05) is 37.9 Å². The molecule has 3 N–H and O–H groups in total. The van der Waals surface area contributed by atoms with Crippen LogP contribution in [-0.2, 0) is 4.74 Å². The van der Waals surface area contributed by atoms with Crippen molar-refractivity contribution in [2.24, 2.45) is 5.73 Å². The molecule has 0 amide bonds. The van der Waals surface area contributed by atoms with Gasteiger partial charge in [-0.15, -0.1) is 0 Å². The first-order valence-electron chi connectivity index (χ1n) is 7.09. The molecule has 5 nitrogen and oxygen atoms in total. The van der Waals surface area contributed by atoms with Gasteiger partial charge >= 0.3 is 0 Å². The van der Waals surface area contributed by atoms with E-state index >= 15 is 0 Å². The molecule has 0 bridgehead atoms. The van der Waals surface area contributed by atoms with Gasteiger partial charge in [-0.25, -0.2) is 0 Å². The lowest BCUT2D eigenvalue weighted by Crippen LogP contribution is -2.46. The van der Waals surface area contributed by atoms with E-state index in [2.05, 4.69) is 16.7 Å². The zero-order valence-corrected chi connectivity index (χ0v) is 12.3. The third-order valence-corrected chi connectivity index (χ3v) is 3.75. The van der Waals surface area contributed by atoms with Crippen LogP contribution >= 0.6 is 0 Å². The fourth-order valence-electron chi connectivity index (χ4n) is 2.50. The van der Waals surface area contributed by atoms with E-state index in [1.54, 1.807) is 0 Å². The highest BCUT2D eigenvalue weighted by molar-refractivity contribution is 5.95. The van der Waals surface area contributed by atoms with Crippen molar-refractivity contribution >= 4 is 11.5 Å². The van der Waals surface area contributed by atoms with Crippen LogP contribution < -0.4 is 10.6 Å². The molecular formula is C15H24N4O. The molecule has 0 aliphatic carbocycles. The highest BCUT2D eigenvalue weighted by Crippen LogP contribution is 2.16.